The molecule has 3 rings (SSSR count). The summed E-state index contributed by atoms with van der Waals surface area (Å²) >= 11 is 1.47. The van der Waals surface area contributed by atoms with E-state index in [0.717, 1.165) is 29.7 Å². The van der Waals surface area contributed by atoms with Gasteiger partial charge in [-0.3, -0.25) is 14.4 Å². The Morgan fingerprint density at radius 3 is 2.68 bits per heavy atom. The van der Waals surface area contributed by atoms with E-state index in [1.165, 1.54) is 11.3 Å². The van der Waals surface area contributed by atoms with Crippen LogP contribution in [0.1, 0.15) is 73.0 Å². The molecule has 7 nitrogen and oxygen atoms in total. The Labute approximate surface area is 186 Å². The number of hydrogen-bond donors (Lipinski definition) is 3. The third-order valence-corrected chi connectivity index (χ3v) is 6.94. The number of fused-ring (bicyclic) bond motifs is 1. The summed E-state index contributed by atoms with van der Waals surface area (Å²) in [6, 6.07) is 3.56. The zero-order valence-electron chi connectivity index (χ0n) is 18.2. The second kappa shape index (κ2) is 9.68. The van der Waals surface area contributed by atoms with E-state index in [4.69, 9.17) is 9.52 Å². The summed E-state index contributed by atoms with van der Waals surface area (Å²) in [5.74, 6) is -0.261. The minimum absolute atomic E-state index is 0.0574. The van der Waals surface area contributed by atoms with Crippen LogP contribution in [0.4, 0.5) is 5.00 Å². The topological polar surface area (TPSA) is 109 Å². The number of rotatable bonds is 8. The van der Waals surface area contributed by atoms with Crippen molar-refractivity contribution in [1.29, 1.82) is 0 Å². The highest BCUT2D eigenvalue weighted by molar-refractivity contribution is 7.17. The van der Waals surface area contributed by atoms with E-state index in [1.54, 1.807) is 18.4 Å². The Kier molecular flexibility index (Phi) is 7.20. The van der Waals surface area contributed by atoms with Gasteiger partial charge in [-0.05, 0) is 54.7 Å². The van der Waals surface area contributed by atoms with E-state index in [0.29, 0.717) is 22.2 Å². The predicted octanol–water partition coefficient (Wildman–Crippen LogP) is 4.62. The largest absolute Gasteiger partial charge is 0.481 e. The molecule has 31 heavy (non-hydrogen) atoms. The molecule has 2 amide bonds. The summed E-state index contributed by atoms with van der Waals surface area (Å²) in [6.07, 6.45) is 4.55. The first-order valence-corrected chi connectivity index (χ1v) is 11.4. The Bertz CT molecular complexity index is 940. The van der Waals surface area contributed by atoms with E-state index in [1.807, 2.05) is 0 Å². The van der Waals surface area contributed by atoms with Crippen LogP contribution < -0.4 is 10.6 Å². The van der Waals surface area contributed by atoms with E-state index >= 15 is 0 Å². The highest BCUT2D eigenvalue weighted by Crippen LogP contribution is 2.44. The minimum Gasteiger partial charge on any atom is -0.481 e. The van der Waals surface area contributed by atoms with Crippen molar-refractivity contribution >= 4 is 34.1 Å². The number of amides is 2. The lowest BCUT2D eigenvalue weighted by Crippen LogP contribution is -2.28. The first kappa shape index (κ1) is 23.1. The van der Waals surface area contributed by atoms with Gasteiger partial charge in [0.25, 0.3) is 5.91 Å². The third kappa shape index (κ3) is 5.97. The lowest BCUT2D eigenvalue weighted by Gasteiger charge is -2.33. The molecule has 0 aliphatic heterocycles. The average Bonchev–Trinajstić information content (AvgIpc) is 3.31. The highest BCUT2D eigenvalue weighted by atomic mass is 32.1. The zero-order valence-corrected chi connectivity index (χ0v) is 19.1. The zero-order chi connectivity index (χ0) is 22.6. The van der Waals surface area contributed by atoms with Gasteiger partial charge in [-0.15, -0.1) is 11.3 Å². The third-order valence-electron chi connectivity index (χ3n) is 5.77. The molecule has 1 aliphatic rings. The molecule has 8 heteroatoms. The van der Waals surface area contributed by atoms with Gasteiger partial charge in [0, 0.05) is 17.7 Å². The van der Waals surface area contributed by atoms with Gasteiger partial charge < -0.3 is 20.2 Å². The molecule has 0 saturated heterocycles. The number of anilines is 1. The van der Waals surface area contributed by atoms with Gasteiger partial charge in [0.05, 0.1) is 18.4 Å². The standard InChI is InChI=1S/C23H30N2O5S/c1-23(2,3)14-9-10-16-17(12-14)31-22(25-18(26)7-4-8-19(27)28)20(16)21(29)24-13-15-6-5-11-30-15/h5-6,11,14H,4,7-10,12-13H2,1-3H3,(H,24,29)(H,25,26)(H,27,28)/t14-/m1/s1. The molecule has 1 atom stereocenters. The van der Waals surface area contributed by atoms with Gasteiger partial charge in [0.2, 0.25) is 5.91 Å². The van der Waals surface area contributed by atoms with Crippen molar-refractivity contribution in [2.75, 3.05) is 5.32 Å². The molecule has 1 aliphatic carbocycles. The Hall–Kier alpha value is -2.61. The van der Waals surface area contributed by atoms with Gasteiger partial charge in [0.1, 0.15) is 10.8 Å². The molecule has 0 radical (unpaired) electrons. The molecule has 2 aromatic rings. The molecule has 0 saturated carbocycles. The van der Waals surface area contributed by atoms with Crippen molar-refractivity contribution in [3.8, 4) is 0 Å². The van der Waals surface area contributed by atoms with E-state index in [9.17, 15) is 14.4 Å². The Balaban J connectivity index is 1.80. The number of aliphatic carboxylic acids is 1. The molecule has 0 fully saturated rings. The summed E-state index contributed by atoms with van der Waals surface area (Å²) < 4.78 is 5.29. The van der Waals surface area contributed by atoms with Crippen LogP contribution in [-0.2, 0) is 29.0 Å². The molecule has 0 unspecified atom stereocenters. The SMILES string of the molecule is CC(C)(C)[C@@H]1CCc2c(sc(NC(=O)CCCC(=O)O)c2C(=O)NCc2ccco2)C1. The number of furan rings is 1. The number of thiophene rings is 1. The maximum absolute atomic E-state index is 13.1. The van der Waals surface area contributed by atoms with Gasteiger partial charge >= 0.3 is 5.97 Å². The summed E-state index contributed by atoms with van der Waals surface area (Å²) in [4.78, 5) is 37.3. The van der Waals surface area contributed by atoms with Gasteiger partial charge in [-0.1, -0.05) is 20.8 Å². The molecule has 0 aromatic carbocycles. The van der Waals surface area contributed by atoms with Crippen LogP contribution in [0.5, 0.6) is 0 Å². The minimum atomic E-state index is -0.925. The average molecular weight is 447 g/mol. The van der Waals surface area contributed by atoms with Gasteiger partial charge in [-0.25, -0.2) is 0 Å². The second-order valence-corrected chi connectivity index (χ2v) is 10.2. The monoisotopic (exact) mass is 446 g/mol. The fourth-order valence-electron chi connectivity index (χ4n) is 3.91. The van der Waals surface area contributed by atoms with Crippen LogP contribution in [0.15, 0.2) is 22.8 Å². The fourth-order valence-corrected chi connectivity index (χ4v) is 5.25. The number of hydrogen-bond acceptors (Lipinski definition) is 5. The van der Waals surface area contributed by atoms with E-state index in [-0.39, 0.29) is 43.0 Å². The Morgan fingerprint density at radius 2 is 2.03 bits per heavy atom. The van der Waals surface area contributed by atoms with E-state index < -0.39 is 5.97 Å². The molecule has 3 N–H and O–H groups in total. The van der Waals surface area contributed by atoms with Crippen LogP contribution in [0.25, 0.3) is 0 Å². The predicted molar refractivity (Wildman–Crippen MR) is 119 cm³/mol. The van der Waals surface area contributed by atoms with Crippen molar-refractivity contribution in [3.63, 3.8) is 0 Å². The summed E-state index contributed by atoms with van der Waals surface area (Å²) in [5, 5.41) is 15.1. The van der Waals surface area contributed by atoms with Crippen molar-refractivity contribution < 1.29 is 23.9 Å². The number of carboxylic acids is 1. The molecule has 2 aromatic heterocycles. The second-order valence-electron chi connectivity index (χ2n) is 9.07. The van der Waals surface area contributed by atoms with Crippen molar-refractivity contribution in [2.45, 2.75) is 65.8 Å². The fraction of sp³-hybridized carbons (Fsp3) is 0.522. The molecule has 2 heterocycles. The first-order valence-electron chi connectivity index (χ1n) is 10.6. The normalized spacial score (nSPS) is 15.9. The lowest BCUT2D eigenvalue weighted by molar-refractivity contribution is -0.137. The molecule has 0 spiro atoms. The number of carbonyl (C=O) groups excluding carboxylic acids is 2. The van der Waals surface area contributed by atoms with Crippen LogP contribution in [0, 0.1) is 11.3 Å². The van der Waals surface area contributed by atoms with Crippen LogP contribution in [-0.4, -0.2) is 22.9 Å². The van der Waals surface area contributed by atoms with Crippen molar-refractivity contribution in [1.82, 2.24) is 5.32 Å². The number of nitrogens with one attached hydrogen (secondary N) is 2. The maximum atomic E-state index is 13.1. The summed E-state index contributed by atoms with van der Waals surface area (Å²) in [6.45, 7) is 6.97. The van der Waals surface area contributed by atoms with Crippen LogP contribution in [0.2, 0.25) is 0 Å². The number of carboxylic acid groups (broad SMARTS) is 1. The first-order chi connectivity index (χ1) is 14.6. The Morgan fingerprint density at radius 1 is 1.26 bits per heavy atom. The van der Waals surface area contributed by atoms with Crippen LogP contribution >= 0.6 is 11.3 Å². The maximum Gasteiger partial charge on any atom is 0.303 e. The van der Waals surface area contributed by atoms with Gasteiger partial charge in [-0.2, -0.15) is 0 Å². The van der Waals surface area contributed by atoms with Crippen molar-refractivity contribution in [3.05, 3.63) is 40.2 Å². The molecular weight excluding hydrogens is 416 g/mol. The quantitative estimate of drug-likeness (QED) is 0.548. The van der Waals surface area contributed by atoms with Crippen molar-refractivity contribution in [2.24, 2.45) is 11.3 Å². The summed E-state index contributed by atoms with van der Waals surface area (Å²) in [7, 11) is 0. The lowest BCUT2D eigenvalue weighted by atomic mass is 9.72. The van der Waals surface area contributed by atoms with Crippen LogP contribution in [0.3, 0.4) is 0 Å². The number of carbonyl (C=O) groups is 3. The van der Waals surface area contributed by atoms with E-state index in [2.05, 4.69) is 31.4 Å². The highest BCUT2D eigenvalue weighted by Gasteiger charge is 2.34. The molecule has 168 valence electrons. The smallest absolute Gasteiger partial charge is 0.303 e. The van der Waals surface area contributed by atoms with Gasteiger partial charge in [0.15, 0.2) is 0 Å². The molecule has 0 bridgehead atoms. The summed E-state index contributed by atoms with van der Waals surface area (Å²) in [5.41, 5.74) is 1.72. The molecular formula is C23H30N2O5S.